The maximum atomic E-state index is 10.1. The predicted molar refractivity (Wildman–Crippen MR) is 80.0 cm³/mol. The van der Waals surface area contributed by atoms with Crippen molar-refractivity contribution in [3.05, 3.63) is 17.5 Å². The van der Waals surface area contributed by atoms with E-state index in [1.807, 2.05) is 0 Å². The van der Waals surface area contributed by atoms with Crippen LogP contribution in [0.4, 0.5) is 0 Å². The quantitative estimate of drug-likeness (QED) is 0.360. The van der Waals surface area contributed by atoms with Crippen LogP contribution in [0.3, 0.4) is 0 Å². The molecular formula is C15H30OSi. The van der Waals surface area contributed by atoms with Gasteiger partial charge in [0.05, 0.1) is 14.2 Å². The summed E-state index contributed by atoms with van der Waals surface area (Å²) in [7, 11) is -1.44. The molecule has 0 heterocycles. The zero-order valence-electron chi connectivity index (χ0n) is 12.2. The molecule has 0 aromatic carbocycles. The lowest BCUT2D eigenvalue weighted by Crippen LogP contribution is -2.31. The highest BCUT2D eigenvalue weighted by Gasteiger charge is 2.25. The highest BCUT2D eigenvalue weighted by molar-refractivity contribution is 6.83. The number of hydrogen-bond acceptors (Lipinski definition) is 1. The molecule has 0 spiro atoms. The molecule has 100 valence electrons. The number of aliphatic hydroxyl groups is 1. The molecule has 0 saturated carbocycles. The summed E-state index contributed by atoms with van der Waals surface area (Å²) in [6, 6.07) is 0. The van der Waals surface area contributed by atoms with Gasteiger partial charge in [0.1, 0.15) is 0 Å². The smallest absolute Gasteiger partial charge is 0.0857 e. The van der Waals surface area contributed by atoms with Crippen molar-refractivity contribution in [2.75, 3.05) is 0 Å². The van der Waals surface area contributed by atoms with Crippen molar-refractivity contribution in [2.24, 2.45) is 0 Å². The lowest BCUT2D eigenvalue weighted by molar-refractivity contribution is 0.202. The van der Waals surface area contributed by atoms with Gasteiger partial charge in [-0.15, -0.1) is 5.73 Å². The summed E-state index contributed by atoms with van der Waals surface area (Å²) >= 11 is 0. The number of aliphatic hydroxyl groups excluding tert-OH is 1. The summed E-state index contributed by atoms with van der Waals surface area (Å²) in [6.07, 6.45) is 8.23. The van der Waals surface area contributed by atoms with Crippen LogP contribution in [0.5, 0.6) is 0 Å². The van der Waals surface area contributed by atoms with Crippen molar-refractivity contribution < 1.29 is 5.11 Å². The summed E-state index contributed by atoms with van der Waals surface area (Å²) in [4.78, 5) is 0. The molecule has 0 fully saturated rings. The molecule has 2 heteroatoms. The Bertz CT molecular complexity index is 246. The molecule has 0 rings (SSSR count). The number of rotatable bonds is 9. The van der Waals surface area contributed by atoms with Gasteiger partial charge in [0.15, 0.2) is 0 Å². The van der Waals surface area contributed by atoms with Gasteiger partial charge in [0, 0.05) is 0 Å². The molecule has 0 aromatic heterocycles. The first-order valence-electron chi connectivity index (χ1n) is 7.02. The first-order valence-corrected chi connectivity index (χ1v) is 10.5. The molecule has 0 aromatic rings. The SMILES string of the molecule is C=C=C([C@@H](O)CCCCCCCC)[Si](C)(C)C. The standard InChI is InChI=1S/C15H30OSi/c1-6-8-9-10-11-12-13-14(16)15(7-2)17(3,4)5/h14,16H,2,6,8-13H2,1,3-5H3/t14-/m0/s1. The molecular weight excluding hydrogens is 224 g/mol. The van der Waals surface area contributed by atoms with Crippen molar-refractivity contribution >= 4 is 8.07 Å². The van der Waals surface area contributed by atoms with E-state index in [0.717, 1.165) is 18.0 Å². The highest BCUT2D eigenvalue weighted by Crippen LogP contribution is 2.21. The van der Waals surface area contributed by atoms with Gasteiger partial charge in [0.2, 0.25) is 0 Å². The molecule has 1 atom stereocenters. The first kappa shape index (κ1) is 16.7. The first-order chi connectivity index (χ1) is 7.93. The van der Waals surface area contributed by atoms with Crippen LogP contribution in [0.25, 0.3) is 0 Å². The van der Waals surface area contributed by atoms with Crippen molar-refractivity contribution in [3.8, 4) is 0 Å². The molecule has 0 unspecified atom stereocenters. The van der Waals surface area contributed by atoms with Gasteiger partial charge >= 0.3 is 0 Å². The third-order valence-electron chi connectivity index (χ3n) is 3.16. The van der Waals surface area contributed by atoms with Gasteiger partial charge < -0.3 is 5.11 Å². The lowest BCUT2D eigenvalue weighted by Gasteiger charge is -2.23. The Morgan fingerprint density at radius 1 is 1.12 bits per heavy atom. The van der Waals surface area contributed by atoms with Crippen molar-refractivity contribution in [1.29, 1.82) is 0 Å². The molecule has 0 aliphatic rings. The minimum Gasteiger partial charge on any atom is -0.389 e. The van der Waals surface area contributed by atoms with E-state index in [9.17, 15) is 5.11 Å². The van der Waals surface area contributed by atoms with E-state index in [1.165, 1.54) is 32.1 Å². The molecule has 0 aliphatic heterocycles. The molecule has 0 radical (unpaired) electrons. The van der Waals surface area contributed by atoms with Gasteiger partial charge in [-0.05, 0) is 11.6 Å². The van der Waals surface area contributed by atoms with E-state index in [1.54, 1.807) is 0 Å². The summed E-state index contributed by atoms with van der Waals surface area (Å²) in [5, 5.41) is 11.2. The van der Waals surface area contributed by atoms with Crippen LogP contribution in [-0.2, 0) is 0 Å². The minimum absolute atomic E-state index is 0.301. The third-order valence-corrected chi connectivity index (χ3v) is 5.29. The van der Waals surface area contributed by atoms with Crippen LogP contribution in [0.1, 0.15) is 51.9 Å². The molecule has 0 bridgehead atoms. The molecule has 17 heavy (non-hydrogen) atoms. The zero-order chi connectivity index (χ0) is 13.3. The average molecular weight is 254 g/mol. The van der Waals surface area contributed by atoms with Gasteiger partial charge in [-0.1, -0.05) is 71.7 Å². The molecule has 0 aliphatic carbocycles. The Morgan fingerprint density at radius 3 is 2.12 bits per heavy atom. The second-order valence-electron chi connectivity index (χ2n) is 5.91. The van der Waals surface area contributed by atoms with Gasteiger partial charge in [-0.25, -0.2) is 0 Å². The van der Waals surface area contributed by atoms with Gasteiger partial charge in [-0.3, -0.25) is 0 Å². The largest absolute Gasteiger partial charge is 0.389 e. The van der Waals surface area contributed by atoms with Crippen LogP contribution >= 0.6 is 0 Å². The van der Waals surface area contributed by atoms with Crippen LogP contribution in [0.15, 0.2) is 17.5 Å². The topological polar surface area (TPSA) is 20.2 Å². The van der Waals surface area contributed by atoms with Crippen molar-refractivity contribution in [1.82, 2.24) is 0 Å². The Labute approximate surface area is 109 Å². The second-order valence-corrected chi connectivity index (χ2v) is 11.0. The van der Waals surface area contributed by atoms with Crippen LogP contribution in [0.2, 0.25) is 19.6 Å². The number of unbranched alkanes of at least 4 members (excludes halogenated alkanes) is 5. The minimum atomic E-state index is -1.44. The van der Waals surface area contributed by atoms with E-state index in [4.69, 9.17) is 0 Å². The maximum absolute atomic E-state index is 10.1. The molecule has 1 nitrogen and oxygen atoms in total. The van der Waals surface area contributed by atoms with Crippen molar-refractivity contribution in [3.63, 3.8) is 0 Å². The maximum Gasteiger partial charge on any atom is 0.0857 e. The molecule has 1 N–H and O–H groups in total. The van der Waals surface area contributed by atoms with Crippen LogP contribution in [-0.4, -0.2) is 19.3 Å². The summed E-state index contributed by atoms with van der Waals surface area (Å²) < 4.78 is 0. The van der Waals surface area contributed by atoms with E-state index < -0.39 is 8.07 Å². The third kappa shape index (κ3) is 7.59. The summed E-state index contributed by atoms with van der Waals surface area (Å²) in [5.41, 5.74) is 2.98. The Morgan fingerprint density at radius 2 is 1.65 bits per heavy atom. The molecule has 0 amide bonds. The highest BCUT2D eigenvalue weighted by atomic mass is 28.3. The fourth-order valence-electron chi connectivity index (χ4n) is 2.15. The Hall–Kier alpha value is -0.303. The lowest BCUT2D eigenvalue weighted by atomic mass is 10.1. The predicted octanol–water partition coefficient (Wildman–Crippen LogP) is 4.69. The fraction of sp³-hybridized carbons (Fsp3) is 0.800. The summed E-state index contributed by atoms with van der Waals surface area (Å²) in [6.45, 7) is 12.7. The van der Waals surface area contributed by atoms with E-state index in [-0.39, 0.29) is 6.10 Å². The number of hydrogen-bond donors (Lipinski definition) is 1. The van der Waals surface area contributed by atoms with Gasteiger partial charge in [0.25, 0.3) is 0 Å². The van der Waals surface area contributed by atoms with E-state index in [0.29, 0.717) is 0 Å². The van der Waals surface area contributed by atoms with Crippen molar-refractivity contribution in [2.45, 2.75) is 77.6 Å². The normalized spacial score (nSPS) is 13.2. The second kappa shape index (κ2) is 8.74. The molecule has 0 saturated heterocycles. The fourth-order valence-corrected chi connectivity index (χ4v) is 3.82. The monoisotopic (exact) mass is 254 g/mol. The average Bonchev–Trinajstić information content (AvgIpc) is 2.22. The van der Waals surface area contributed by atoms with Crippen LogP contribution in [0, 0.1) is 0 Å². The Kier molecular flexibility index (Phi) is 8.58. The van der Waals surface area contributed by atoms with Gasteiger partial charge in [-0.2, -0.15) is 0 Å². The zero-order valence-corrected chi connectivity index (χ0v) is 13.2. The van der Waals surface area contributed by atoms with Crippen LogP contribution < -0.4 is 0 Å². The summed E-state index contributed by atoms with van der Waals surface area (Å²) in [5.74, 6) is 0. The van der Waals surface area contributed by atoms with E-state index >= 15 is 0 Å². The Balaban J connectivity index is 3.86. The van der Waals surface area contributed by atoms with E-state index in [2.05, 4.69) is 38.9 Å².